The summed E-state index contributed by atoms with van der Waals surface area (Å²) >= 11 is 0. The van der Waals surface area contributed by atoms with Crippen molar-refractivity contribution in [2.24, 2.45) is 0 Å². The van der Waals surface area contributed by atoms with Gasteiger partial charge in [-0.25, -0.2) is 0 Å². The standard InChI is InChI=1S/C16H16O2/c1-2-12-5-3-4-6-15(12)13-7-9-14(10-8-13)16(18)11-17/h2-10,16-18H,1,11H2. The Labute approximate surface area is 107 Å². The molecule has 2 aromatic carbocycles. The highest BCUT2D eigenvalue weighted by Gasteiger charge is 2.06. The molecular weight excluding hydrogens is 224 g/mol. The second-order valence-corrected chi connectivity index (χ2v) is 4.11. The van der Waals surface area contributed by atoms with Gasteiger partial charge < -0.3 is 10.2 Å². The average Bonchev–Trinajstić information content (AvgIpc) is 2.46. The van der Waals surface area contributed by atoms with E-state index < -0.39 is 6.10 Å². The lowest BCUT2D eigenvalue weighted by atomic mass is 9.98. The lowest BCUT2D eigenvalue weighted by molar-refractivity contribution is 0.0956. The van der Waals surface area contributed by atoms with Gasteiger partial charge in [-0.3, -0.25) is 0 Å². The molecule has 2 N–H and O–H groups in total. The van der Waals surface area contributed by atoms with Crippen LogP contribution in [-0.2, 0) is 0 Å². The van der Waals surface area contributed by atoms with Crippen LogP contribution in [0.3, 0.4) is 0 Å². The molecular formula is C16H16O2. The third-order valence-corrected chi connectivity index (χ3v) is 2.96. The Morgan fingerprint density at radius 1 is 1.06 bits per heavy atom. The van der Waals surface area contributed by atoms with Crippen molar-refractivity contribution < 1.29 is 10.2 Å². The zero-order valence-corrected chi connectivity index (χ0v) is 10.1. The van der Waals surface area contributed by atoms with Gasteiger partial charge in [0.25, 0.3) is 0 Å². The molecule has 0 heterocycles. The lowest BCUT2D eigenvalue weighted by Gasteiger charge is -2.10. The topological polar surface area (TPSA) is 40.5 Å². The van der Waals surface area contributed by atoms with Crippen LogP contribution in [0.5, 0.6) is 0 Å². The van der Waals surface area contributed by atoms with Crippen molar-refractivity contribution in [3.05, 3.63) is 66.2 Å². The molecule has 0 saturated heterocycles. The summed E-state index contributed by atoms with van der Waals surface area (Å²) in [7, 11) is 0. The fourth-order valence-corrected chi connectivity index (χ4v) is 1.93. The fourth-order valence-electron chi connectivity index (χ4n) is 1.93. The molecule has 2 nitrogen and oxygen atoms in total. The van der Waals surface area contributed by atoms with Crippen molar-refractivity contribution in [3.63, 3.8) is 0 Å². The van der Waals surface area contributed by atoms with E-state index in [9.17, 15) is 5.11 Å². The van der Waals surface area contributed by atoms with Crippen molar-refractivity contribution in [1.29, 1.82) is 0 Å². The maximum atomic E-state index is 9.53. The third-order valence-electron chi connectivity index (χ3n) is 2.96. The molecule has 0 radical (unpaired) electrons. The van der Waals surface area contributed by atoms with E-state index in [1.807, 2.05) is 54.6 Å². The molecule has 0 aliphatic heterocycles. The van der Waals surface area contributed by atoms with Gasteiger partial charge in [-0.15, -0.1) is 0 Å². The minimum atomic E-state index is -0.811. The molecule has 1 unspecified atom stereocenters. The summed E-state index contributed by atoms with van der Waals surface area (Å²) in [6, 6.07) is 15.6. The first-order chi connectivity index (χ1) is 8.76. The Balaban J connectivity index is 2.37. The number of aliphatic hydroxyl groups excluding tert-OH is 2. The van der Waals surface area contributed by atoms with Crippen LogP contribution in [0.15, 0.2) is 55.1 Å². The van der Waals surface area contributed by atoms with Gasteiger partial charge in [0.15, 0.2) is 0 Å². The molecule has 0 saturated carbocycles. The Kier molecular flexibility index (Phi) is 3.92. The van der Waals surface area contributed by atoms with E-state index in [0.717, 1.165) is 22.3 Å². The first-order valence-electron chi connectivity index (χ1n) is 5.87. The normalized spacial score (nSPS) is 12.1. The number of hydrogen-bond donors (Lipinski definition) is 2. The zero-order valence-electron chi connectivity index (χ0n) is 10.1. The van der Waals surface area contributed by atoms with Gasteiger partial charge >= 0.3 is 0 Å². The summed E-state index contributed by atoms with van der Waals surface area (Å²) < 4.78 is 0. The zero-order chi connectivity index (χ0) is 13.0. The number of rotatable bonds is 4. The van der Waals surface area contributed by atoms with Gasteiger partial charge in [0.1, 0.15) is 6.10 Å². The second kappa shape index (κ2) is 5.63. The Morgan fingerprint density at radius 2 is 1.72 bits per heavy atom. The molecule has 0 aromatic heterocycles. The first kappa shape index (κ1) is 12.6. The number of benzene rings is 2. The van der Waals surface area contributed by atoms with Gasteiger partial charge in [0.2, 0.25) is 0 Å². The molecule has 18 heavy (non-hydrogen) atoms. The van der Waals surface area contributed by atoms with Crippen molar-refractivity contribution in [2.75, 3.05) is 6.61 Å². The molecule has 0 amide bonds. The van der Waals surface area contributed by atoms with Crippen LogP contribution in [0, 0.1) is 0 Å². The predicted molar refractivity (Wildman–Crippen MR) is 74.0 cm³/mol. The van der Waals surface area contributed by atoms with Crippen molar-refractivity contribution >= 4 is 6.08 Å². The van der Waals surface area contributed by atoms with Crippen molar-refractivity contribution in [2.45, 2.75) is 6.10 Å². The number of aliphatic hydroxyl groups is 2. The smallest absolute Gasteiger partial charge is 0.102 e. The summed E-state index contributed by atoms with van der Waals surface area (Å²) in [5.41, 5.74) is 3.97. The molecule has 0 aliphatic rings. The molecule has 0 fully saturated rings. The van der Waals surface area contributed by atoms with E-state index in [1.54, 1.807) is 0 Å². The van der Waals surface area contributed by atoms with E-state index in [4.69, 9.17) is 5.11 Å². The van der Waals surface area contributed by atoms with Gasteiger partial charge in [0.05, 0.1) is 6.61 Å². The summed E-state index contributed by atoms with van der Waals surface area (Å²) in [6.45, 7) is 3.54. The molecule has 0 aliphatic carbocycles. The van der Waals surface area contributed by atoms with Gasteiger partial charge in [-0.1, -0.05) is 61.2 Å². The fraction of sp³-hybridized carbons (Fsp3) is 0.125. The van der Waals surface area contributed by atoms with E-state index >= 15 is 0 Å². The van der Waals surface area contributed by atoms with Crippen LogP contribution in [0.25, 0.3) is 17.2 Å². The summed E-state index contributed by atoms with van der Waals surface area (Å²) in [4.78, 5) is 0. The van der Waals surface area contributed by atoms with E-state index in [1.165, 1.54) is 0 Å². The molecule has 2 heteroatoms. The van der Waals surface area contributed by atoms with Crippen LogP contribution in [0.1, 0.15) is 17.2 Å². The Hall–Kier alpha value is -1.90. The average molecular weight is 240 g/mol. The summed E-state index contributed by atoms with van der Waals surface area (Å²) in [6.07, 6.45) is 1.01. The van der Waals surface area contributed by atoms with Crippen LogP contribution >= 0.6 is 0 Å². The SMILES string of the molecule is C=Cc1ccccc1-c1ccc(C(O)CO)cc1. The minimum Gasteiger partial charge on any atom is -0.393 e. The highest BCUT2D eigenvalue weighted by molar-refractivity contribution is 5.74. The third kappa shape index (κ3) is 2.50. The molecule has 2 aromatic rings. The van der Waals surface area contributed by atoms with E-state index in [0.29, 0.717) is 0 Å². The highest BCUT2D eigenvalue weighted by atomic mass is 16.3. The maximum Gasteiger partial charge on any atom is 0.102 e. The van der Waals surface area contributed by atoms with Crippen LogP contribution < -0.4 is 0 Å². The summed E-state index contributed by atoms with van der Waals surface area (Å²) in [5.74, 6) is 0. The molecule has 0 spiro atoms. The molecule has 2 rings (SSSR count). The van der Waals surface area contributed by atoms with Gasteiger partial charge in [-0.05, 0) is 22.3 Å². The van der Waals surface area contributed by atoms with Crippen molar-refractivity contribution in [3.8, 4) is 11.1 Å². The monoisotopic (exact) mass is 240 g/mol. The van der Waals surface area contributed by atoms with Crippen molar-refractivity contribution in [1.82, 2.24) is 0 Å². The summed E-state index contributed by atoms with van der Waals surface area (Å²) in [5, 5.41) is 18.4. The first-order valence-corrected chi connectivity index (χ1v) is 5.87. The molecule has 0 bridgehead atoms. The maximum absolute atomic E-state index is 9.53. The Morgan fingerprint density at radius 3 is 2.33 bits per heavy atom. The Bertz CT molecular complexity index is 529. The molecule has 92 valence electrons. The number of hydrogen-bond acceptors (Lipinski definition) is 2. The second-order valence-electron chi connectivity index (χ2n) is 4.11. The van der Waals surface area contributed by atoms with Gasteiger partial charge in [0, 0.05) is 0 Å². The predicted octanol–water partition coefficient (Wildman–Crippen LogP) is 3.02. The van der Waals surface area contributed by atoms with Crippen LogP contribution in [0.2, 0.25) is 0 Å². The van der Waals surface area contributed by atoms with Gasteiger partial charge in [-0.2, -0.15) is 0 Å². The quantitative estimate of drug-likeness (QED) is 0.862. The van der Waals surface area contributed by atoms with E-state index in [-0.39, 0.29) is 6.61 Å². The minimum absolute atomic E-state index is 0.261. The molecule has 1 atom stereocenters. The largest absolute Gasteiger partial charge is 0.393 e. The lowest BCUT2D eigenvalue weighted by Crippen LogP contribution is -2.01. The highest BCUT2D eigenvalue weighted by Crippen LogP contribution is 2.25. The van der Waals surface area contributed by atoms with Crippen LogP contribution in [-0.4, -0.2) is 16.8 Å². The van der Waals surface area contributed by atoms with Crippen LogP contribution in [0.4, 0.5) is 0 Å². The van der Waals surface area contributed by atoms with E-state index in [2.05, 4.69) is 6.58 Å².